The Kier molecular flexibility index (Phi) is 1.48. The molecule has 0 aromatic rings. The molecule has 2 bridgehead atoms. The van der Waals surface area contributed by atoms with E-state index in [1.165, 1.54) is 13.3 Å². The molecular weight excluding hydrogens is 140 g/mol. The third kappa shape index (κ3) is 1.17. The number of ether oxygens (including phenoxy) is 1. The fourth-order valence-corrected chi connectivity index (χ4v) is 2.08. The smallest absolute Gasteiger partial charge is 0.302 e. The quantitative estimate of drug-likeness (QED) is 0.420. The van der Waals surface area contributed by atoms with E-state index in [-0.39, 0.29) is 12.1 Å². The SMILES string of the molecule is CC(=O)O[C@@H]1C[C@H]2C=C[C@@H]1C2. The lowest BCUT2D eigenvalue weighted by Gasteiger charge is -2.17. The second kappa shape index (κ2) is 2.36. The van der Waals surface area contributed by atoms with Crippen molar-refractivity contribution in [3.8, 4) is 0 Å². The molecule has 0 amide bonds. The number of allylic oxidation sites excluding steroid dienone is 1. The van der Waals surface area contributed by atoms with Crippen molar-refractivity contribution in [2.24, 2.45) is 11.8 Å². The lowest BCUT2D eigenvalue weighted by molar-refractivity contribution is -0.147. The number of esters is 1. The summed E-state index contributed by atoms with van der Waals surface area (Å²) in [5.41, 5.74) is 0. The maximum atomic E-state index is 10.6. The lowest BCUT2D eigenvalue weighted by Crippen LogP contribution is -2.20. The summed E-state index contributed by atoms with van der Waals surface area (Å²) in [6.45, 7) is 1.48. The molecule has 2 rings (SSSR count). The Hall–Kier alpha value is -0.790. The third-order valence-electron chi connectivity index (χ3n) is 2.54. The molecule has 2 aliphatic carbocycles. The van der Waals surface area contributed by atoms with E-state index in [1.807, 2.05) is 0 Å². The molecule has 1 fully saturated rings. The minimum Gasteiger partial charge on any atom is -0.462 e. The van der Waals surface area contributed by atoms with E-state index in [0.29, 0.717) is 11.8 Å². The molecule has 60 valence electrons. The maximum Gasteiger partial charge on any atom is 0.302 e. The first-order valence-electron chi connectivity index (χ1n) is 4.11. The first kappa shape index (κ1) is 6.89. The van der Waals surface area contributed by atoms with Crippen molar-refractivity contribution in [2.45, 2.75) is 25.9 Å². The lowest BCUT2D eigenvalue weighted by atomic mass is 10.0. The fourth-order valence-electron chi connectivity index (χ4n) is 2.08. The molecule has 0 heterocycles. The monoisotopic (exact) mass is 152 g/mol. The summed E-state index contributed by atoms with van der Waals surface area (Å²) in [7, 11) is 0. The molecule has 11 heavy (non-hydrogen) atoms. The first-order chi connectivity index (χ1) is 5.25. The van der Waals surface area contributed by atoms with E-state index < -0.39 is 0 Å². The maximum absolute atomic E-state index is 10.6. The van der Waals surface area contributed by atoms with Gasteiger partial charge in [-0.1, -0.05) is 12.2 Å². The average Bonchev–Trinajstić information content (AvgIpc) is 2.45. The van der Waals surface area contributed by atoms with Crippen molar-refractivity contribution in [3.63, 3.8) is 0 Å². The molecule has 0 aromatic carbocycles. The van der Waals surface area contributed by atoms with E-state index in [4.69, 9.17) is 4.74 Å². The number of rotatable bonds is 1. The van der Waals surface area contributed by atoms with Crippen LogP contribution in [0.15, 0.2) is 12.2 Å². The highest BCUT2D eigenvalue weighted by Gasteiger charge is 2.37. The van der Waals surface area contributed by atoms with Gasteiger partial charge >= 0.3 is 5.97 Å². The van der Waals surface area contributed by atoms with Crippen LogP contribution >= 0.6 is 0 Å². The Balaban J connectivity index is 1.98. The highest BCUT2D eigenvalue weighted by molar-refractivity contribution is 5.66. The van der Waals surface area contributed by atoms with Crippen molar-refractivity contribution in [1.82, 2.24) is 0 Å². The number of fused-ring (bicyclic) bond motifs is 2. The minimum absolute atomic E-state index is 0.143. The average molecular weight is 152 g/mol. The van der Waals surface area contributed by atoms with Crippen molar-refractivity contribution in [3.05, 3.63) is 12.2 Å². The molecule has 0 radical (unpaired) electrons. The van der Waals surface area contributed by atoms with Gasteiger partial charge in [0.05, 0.1) is 0 Å². The standard InChI is InChI=1S/C9H12O2/c1-6(10)11-9-5-7-2-3-8(9)4-7/h2-3,7-9H,4-5H2,1H3/t7-,8+,9+/m0/s1. The summed E-state index contributed by atoms with van der Waals surface area (Å²) in [4.78, 5) is 10.6. The van der Waals surface area contributed by atoms with Gasteiger partial charge in [-0.05, 0) is 18.8 Å². The summed E-state index contributed by atoms with van der Waals surface area (Å²) in [5.74, 6) is 1.06. The second-order valence-corrected chi connectivity index (χ2v) is 3.43. The molecule has 0 saturated heterocycles. The topological polar surface area (TPSA) is 26.3 Å². The zero-order valence-electron chi connectivity index (χ0n) is 6.62. The summed E-state index contributed by atoms with van der Waals surface area (Å²) in [6.07, 6.45) is 6.84. The predicted octanol–water partition coefficient (Wildman–Crippen LogP) is 1.51. The minimum atomic E-state index is -0.143. The molecule has 0 spiro atoms. The Labute approximate surface area is 66.2 Å². The van der Waals surface area contributed by atoms with Crippen LogP contribution in [-0.2, 0) is 9.53 Å². The molecule has 3 atom stereocenters. The molecule has 0 aromatic heterocycles. The molecule has 0 unspecified atom stereocenters. The predicted molar refractivity (Wildman–Crippen MR) is 40.9 cm³/mol. The van der Waals surface area contributed by atoms with Gasteiger partial charge in [0.15, 0.2) is 0 Å². The van der Waals surface area contributed by atoms with Gasteiger partial charge in [0, 0.05) is 12.8 Å². The van der Waals surface area contributed by atoms with E-state index in [2.05, 4.69) is 12.2 Å². The van der Waals surface area contributed by atoms with Crippen molar-refractivity contribution in [2.75, 3.05) is 0 Å². The molecule has 1 saturated carbocycles. The summed E-state index contributed by atoms with van der Waals surface area (Å²) < 4.78 is 5.15. The van der Waals surface area contributed by atoms with Crippen LogP contribution in [0.4, 0.5) is 0 Å². The van der Waals surface area contributed by atoms with E-state index in [1.54, 1.807) is 0 Å². The van der Waals surface area contributed by atoms with Crippen LogP contribution in [0.25, 0.3) is 0 Å². The van der Waals surface area contributed by atoms with Crippen LogP contribution < -0.4 is 0 Å². The van der Waals surface area contributed by atoms with Gasteiger partial charge in [0.2, 0.25) is 0 Å². The Morgan fingerprint density at radius 1 is 1.45 bits per heavy atom. The van der Waals surface area contributed by atoms with Crippen molar-refractivity contribution >= 4 is 5.97 Å². The first-order valence-corrected chi connectivity index (χ1v) is 4.11. The molecular formula is C9H12O2. The van der Waals surface area contributed by atoms with Crippen molar-refractivity contribution < 1.29 is 9.53 Å². The summed E-state index contributed by atoms with van der Waals surface area (Å²) >= 11 is 0. The van der Waals surface area contributed by atoms with Gasteiger partial charge in [0.25, 0.3) is 0 Å². The molecule has 2 heteroatoms. The van der Waals surface area contributed by atoms with E-state index in [9.17, 15) is 4.79 Å². The highest BCUT2D eigenvalue weighted by Crippen LogP contribution is 2.40. The van der Waals surface area contributed by atoms with Gasteiger partial charge < -0.3 is 4.74 Å². The molecule has 2 aliphatic rings. The van der Waals surface area contributed by atoms with Crippen LogP contribution in [0.5, 0.6) is 0 Å². The zero-order chi connectivity index (χ0) is 7.84. The largest absolute Gasteiger partial charge is 0.462 e. The summed E-state index contributed by atoms with van der Waals surface area (Å²) in [5, 5.41) is 0. The number of hydrogen-bond donors (Lipinski definition) is 0. The van der Waals surface area contributed by atoms with Crippen LogP contribution in [0.2, 0.25) is 0 Å². The molecule has 0 N–H and O–H groups in total. The Bertz CT molecular complexity index is 208. The van der Waals surface area contributed by atoms with E-state index in [0.717, 1.165) is 6.42 Å². The van der Waals surface area contributed by atoms with Crippen LogP contribution in [0, 0.1) is 11.8 Å². The third-order valence-corrected chi connectivity index (χ3v) is 2.54. The fraction of sp³-hybridized carbons (Fsp3) is 0.667. The van der Waals surface area contributed by atoms with Crippen LogP contribution in [0.3, 0.4) is 0 Å². The number of carbonyl (C=O) groups is 1. The number of carbonyl (C=O) groups excluding carboxylic acids is 1. The van der Waals surface area contributed by atoms with Gasteiger partial charge in [-0.15, -0.1) is 0 Å². The molecule has 2 nitrogen and oxygen atoms in total. The Morgan fingerprint density at radius 2 is 2.27 bits per heavy atom. The van der Waals surface area contributed by atoms with Gasteiger partial charge in [-0.25, -0.2) is 0 Å². The second-order valence-electron chi connectivity index (χ2n) is 3.43. The zero-order valence-corrected chi connectivity index (χ0v) is 6.62. The Morgan fingerprint density at radius 3 is 2.73 bits per heavy atom. The van der Waals surface area contributed by atoms with Crippen LogP contribution in [-0.4, -0.2) is 12.1 Å². The van der Waals surface area contributed by atoms with E-state index >= 15 is 0 Å². The molecule has 0 aliphatic heterocycles. The summed E-state index contributed by atoms with van der Waals surface area (Å²) in [6, 6.07) is 0. The van der Waals surface area contributed by atoms with Crippen molar-refractivity contribution in [1.29, 1.82) is 0 Å². The van der Waals surface area contributed by atoms with Crippen LogP contribution in [0.1, 0.15) is 19.8 Å². The number of hydrogen-bond acceptors (Lipinski definition) is 2. The van der Waals surface area contributed by atoms with Gasteiger partial charge in [-0.2, -0.15) is 0 Å². The normalized spacial score (nSPS) is 39.5. The highest BCUT2D eigenvalue weighted by atomic mass is 16.5. The van der Waals surface area contributed by atoms with Gasteiger partial charge in [-0.3, -0.25) is 4.79 Å². The van der Waals surface area contributed by atoms with Gasteiger partial charge in [0.1, 0.15) is 6.10 Å².